The standard InChI is InChI=1S/C16H18N2O2S/c1-11-4-6-12(7-5-11)13-8-9-21-15(13)16(20)17-10-14(19)18(2)3/h4-9H,10H2,1-3H3,(H,17,20). The van der Waals surface area contributed by atoms with Crippen molar-refractivity contribution in [3.8, 4) is 11.1 Å². The third kappa shape index (κ3) is 3.70. The van der Waals surface area contributed by atoms with Crippen LogP contribution in [0.1, 0.15) is 15.2 Å². The fraction of sp³-hybridized carbons (Fsp3) is 0.250. The third-order valence-electron chi connectivity index (χ3n) is 3.13. The number of aryl methyl sites for hydroxylation is 1. The second-order valence-electron chi connectivity index (χ2n) is 5.00. The SMILES string of the molecule is Cc1ccc(-c2ccsc2C(=O)NCC(=O)N(C)C)cc1. The number of hydrogen-bond donors (Lipinski definition) is 1. The van der Waals surface area contributed by atoms with Gasteiger partial charge in [0.25, 0.3) is 5.91 Å². The van der Waals surface area contributed by atoms with Crippen LogP contribution in [0.15, 0.2) is 35.7 Å². The maximum absolute atomic E-state index is 12.2. The van der Waals surface area contributed by atoms with E-state index in [1.807, 2.05) is 42.6 Å². The Bertz CT molecular complexity index is 645. The molecule has 4 nitrogen and oxygen atoms in total. The number of likely N-dealkylation sites (N-methyl/N-ethyl adjacent to an activating group) is 1. The number of nitrogens with one attached hydrogen (secondary N) is 1. The highest BCUT2D eigenvalue weighted by atomic mass is 32.1. The Labute approximate surface area is 128 Å². The maximum atomic E-state index is 12.2. The Morgan fingerprint density at radius 2 is 1.81 bits per heavy atom. The van der Waals surface area contributed by atoms with E-state index >= 15 is 0 Å². The first kappa shape index (κ1) is 15.3. The molecule has 0 aliphatic rings. The molecule has 21 heavy (non-hydrogen) atoms. The van der Waals surface area contributed by atoms with E-state index in [1.165, 1.54) is 21.8 Å². The molecule has 0 atom stereocenters. The summed E-state index contributed by atoms with van der Waals surface area (Å²) in [5.74, 6) is -0.340. The Morgan fingerprint density at radius 1 is 1.14 bits per heavy atom. The van der Waals surface area contributed by atoms with Gasteiger partial charge < -0.3 is 10.2 Å². The number of thiophene rings is 1. The Kier molecular flexibility index (Phi) is 4.75. The zero-order valence-electron chi connectivity index (χ0n) is 12.3. The number of carbonyl (C=O) groups excluding carboxylic acids is 2. The minimum atomic E-state index is -0.212. The first-order valence-corrected chi connectivity index (χ1v) is 7.50. The fourth-order valence-electron chi connectivity index (χ4n) is 1.84. The lowest BCUT2D eigenvalue weighted by atomic mass is 10.0. The molecular formula is C16H18N2O2S. The average Bonchev–Trinajstić information content (AvgIpc) is 2.94. The Hall–Kier alpha value is -2.14. The molecule has 1 aromatic heterocycles. The van der Waals surface area contributed by atoms with Gasteiger partial charge >= 0.3 is 0 Å². The van der Waals surface area contributed by atoms with Crippen molar-refractivity contribution in [2.75, 3.05) is 20.6 Å². The number of amides is 2. The molecule has 0 aliphatic carbocycles. The van der Waals surface area contributed by atoms with Gasteiger partial charge in [0.15, 0.2) is 0 Å². The molecule has 0 saturated carbocycles. The summed E-state index contributed by atoms with van der Waals surface area (Å²) in [6.45, 7) is 2.04. The molecule has 1 aromatic carbocycles. The smallest absolute Gasteiger partial charge is 0.262 e. The van der Waals surface area contributed by atoms with Crippen molar-refractivity contribution in [1.82, 2.24) is 10.2 Å². The lowest BCUT2D eigenvalue weighted by Crippen LogP contribution is -2.36. The summed E-state index contributed by atoms with van der Waals surface area (Å²) in [5, 5.41) is 4.55. The summed E-state index contributed by atoms with van der Waals surface area (Å²) in [7, 11) is 3.33. The van der Waals surface area contributed by atoms with Crippen LogP contribution in [-0.2, 0) is 4.79 Å². The quantitative estimate of drug-likeness (QED) is 0.943. The molecule has 0 spiro atoms. The van der Waals surface area contributed by atoms with E-state index in [0.717, 1.165) is 11.1 Å². The van der Waals surface area contributed by atoms with E-state index in [2.05, 4.69) is 5.32 Å². The van der Waals surface area contributed by atoms with Gasteiger partial charge in [-0.15, -0.1) is 11.3 Å². The second-order valence-corrected chi connectivity index (χ2v) is 5.92. The molecule has 1 N–H and O–H groups in total. The van der Waals surface area contributed by atoms with Gasteiger partial charge in [0, 0.05) is 19.7 Å². The average molecular weight is 302 g/mol. The number of benzene rings is 1. The van der Waals surface area contributed by atoms with E-state index in [9.17, 15) is 9.59 Å². The lowest BCUT2D eigenvalue weighted by Gasteiger charge is -2.11. The molecule has 0 radical (unpaired) electrons. The summed E-state index contributed by atoms with van der Waals surface area (Å²) >= 11 is 1.38. The van der Waals surface area contributed by atoms with Gasteiger partial charge in [-0.25, -0.2) is 0 Å². The highest BCUT2D eigenvalue weighted by molar-refractivity contribution is 7.12. The monoisotopic (exact) mass is 302 g/mol. The minimum Gasteiger partial charge on any atom is -0.347 e. The van der Waals surface area contributed by atoms with E-state index in [-0.39, 0.29) is 18.4 Å². The molecule has 1 heterocycles. The van der Waals surface area contributed by atoms with Crippen molar-refractivity contribution in [3.05, 3.63) is 46.2 Å². The van der Waals surface area contributed by atoms with E-state index < -0.39 is 0 Å². The van der Waals surface area contributed by atoms with Crippen LogP contribution in [0.5, 0.6) is 0 Å². The molecule has 0 aliphatic heterocycles. The maximum Gasteiger partial charge on any atom is 0.262 e. The van der Waals surface area contributed by atoms with Gasteiger partial charge in [-0.1, -0.05) is 29.8 Å². The second kappa shape index (κ2) is 6.54. The summed E-state index contributed by atoms with van der Waals surface area (Å²) in [5.41, 5.74) is 3.08. The third-order valence-corrected chi connectivity index (χ3v) is 4.05. The normalized spacial score (nSPS) is 10.2. The van der Waals surface area contributed by atoms with Crippen molar-refractivity contribution in [3.63, 3.8) is 0 Å². The van der Waals surface area contributed by atoms with Crippen molar-refractivity contribution >= 4 is 23.2 Å². The molecule has 5 heteroatoms. The Morgan fingerprint density at radius 3 is 2.43 bits per heavy atom. The highest BCUT2D eigenvalue weighted by Crippen LogP contribution is 2.28. The molecule has 2 aromatic rings. The van der Waals surface area contributed by atoms with Gasteiger partial charge in [-0.3, -0.25) is 9.59 Å². The molecule has 110 valence electrons. The van der Waals surface area contributed by atoms with Gasteiger partial charge in [0.2, 0.25) is 5.91 Å². The van der Waals surface area contributed by atoms with Crippen LogP contribution in [0, 0.1) is 6.92 Å². The summed E-state index contributed by atoms with van der Waals surface area (Å²) in [4.78, 5) is 25.8. The van der Waals surface area contributed by atoms with Gasteiger partial charge in [-0.05, 0) is 23.9 Å². The van der Waals surface area contributed by atoms with Crippen LogP contribution in [-0.4, -0.2) is 37.4 Å². The van der Waals surface area contributed by atoms with Gasteiger partial charge in [0.05, 0.1) is 11.4 Å². The van der Waals surface area contributed by atoms with Gasteiger partial charge in [-0.2, -0.15) is 0 Å². The molecule has 2 rings (SSSR count). The first-order valence-electron chi connectivity index (χ1n) is 6.62. The summed E-state index contributed by atoms with van der Waals surface area (Å²) in [6, 6.07) is 9.96. The molecular weight excluding hydrogens is 284 g/mol. The van der Waals surface area contributed by atoms with E-state index in [1.54, 1.807) is 14.1 Å². The number of nitrogens with zero attached hydrogens (tertiary/aromatic N) is 1. The summed E-state index contributed by atoms with van der Waals surface area (Å²) in [6.07, 6.45) is 0. The number of rotatable bonds is 4. The van der Waals surface area contributed by atoms with Crippen molar-refractivity contribution in [1.29, 1.82) is 0 Å². The molecule has 0 saturated heterocycles. The largest absolute Gasteiger partial charge is 0.347 e. The van der Waals surface area contributed by atoms with E-state index in [0.29, 0.717) is 4.88 Å². The fourth-order valence-corrected chi connectivity index (χ4v) is 2.67. The van der Waals surface area contributed by atoms with E-state index in [4.69, 9.17) is 0 Å². The number of hydrogen-bond acceptors (Lipinski definition) is 3. The lowest BCUT2D eigenvalue weighted by molar-refractivity contribution is -0.127. The zero-order chi connectivity index (χ0) is 15.4. The first-order chi connectivity index (χ1) is 9.99. The summed E-state index contributed by atoms with van der Waals surface area (Å²) < 4.78 is 0. The van der Waals surface area contributed by atoms with Crippen LogP contribution in [0.4, 0.5) is 0 Å². The molecule has 0 bridgehead atoms. The van der Waals surface area contributed by atoms with Crippen molar-refractivity contribution in [2.24, 2.45) is 0 Å². The topological polar surface area (TPSA) is 49.4 Å². The predicted molar refractivity (Wildman–Crippen MR) is 85.5 cm³/mol. The van der Waals surface area contributed by atoms with Crippen LogP contribution >= 0.6 is 11.3 Å². The number of carbonyl (C=O) groups is 2. The molecule has 2 amide bonds. The van der Waals surface area contributed by atoms with Crippen LogP contribution in [0.2, 0.25) is 0 Å². The highest BCUT2D eigenvalue weighted by Gasteiger charge is 2.15. The predicted octanol–water partition coefficient (Wildman–Crippen LogP) is 2.54. The molecule has 0 unspecified atom stereocenters. The Balaban J connectivity index is 2.14. The van der Waals surface area contributed by atoms with Crippen LogP contribution < -0.4 is 5.32 Å². The molecule has 0 fully saturated rings. The van der Waals surface area contributed by atoms with Gasteiger partial charge in [0.1, 0.15) is 0 Å². The van der Waals surface area contributed by atoms with Crippen LogP contribution in [0.25, 0.3) is 11.1 Å². The van der Waals surface area contributed by atoms with Crippen molar-refractivity contribution in [2.45, 2.75) is 6.92 Å². The minimum absolute atomic E-state index is 0.0110. The van der Waals surface area contributed by atoms with Crippen LogP contribution in [0.3, 0.4) is 0 Å². The van der Waals surface area contributed by atoms with Crippen molar-refractivity contribution < 1.29 is 9.59 Å². The zero-order valence-corrected chi connectivity index (χ0v) is 13.2.